The Morgan fingerprint density at radius 2 is 1.55 bits per heavy atom. The number of ketones is 1. The van der Waals surface area contributed by atoms with Gasteiger partial charge in [-0.1, -0.05) is 13.8 Å². The molecular weight excluding hydrogens is 140 g/mol. The van der Waals surface area contributed by atoms with Crippen LogP contribution < -0.4 is 0 Å². The highest BCUT2D eigenvalue weighted by Crippen LogP contribution is 2.41. The Morgan fingerprint density at radius 3 is 1.73 bits per heavy atom. The van der Waals surface area contributed by atoms with E-state index in [1.54, 1.807) is 0 Å². The normalized spacial score (nSPS) is 43.8. The Bertz CT molecular complexity index is 170. The Hall–Kier alpha value is -0.370. The van der Waals surface area contributed by atoms with Gasteiger partial charge in [-0.15, -0.1) is 0 Å². The van der Waals surface area contributed by atoms with Crippen molar-refractivity contribution in [2.24, 2.45) is 0 Å². The number of Topliss-reactive ketones (excluding diaryl/α,β-unsaturated/α-hetero) is 1. The second-order valence-corrected chi connectivity index (χ2v) is 3.60. The Labute approximate surface area is 67.9 Å². The number of hydrogen-bond donors (Lipinski definition) is 0. The minimum Gasteiger partial charge on any atom is -0.353 e. The molecule has 0 radical (unpaired) electrons. The summed E-state index contributed by atoms with van der Waals surface area (Å²) in [6, 6.07) is 0. The molecule has 2 heteroatoms. The van der Waals surface area contributed by atoms with Crippen LogP contribution in [0.2, 0.25) is 0 Å². The summed E-state index contributed by atoms with van der Waals surface area (Å²) in [7, 11) is 0. The molecule has 1 heterocycles. The van der Waals surface area contributed by atoms with Gasteiger partial charge in [0.2, 0.25) is 0 Å². The Kier molecular flexibility index (Phi) is 1.83. The number of ether oxygens (including phenoxy) is 1. The molecule has 1 fully saturated rings. The molecule has 0 saturated carbocycles. The number of carbonyl (C=O) groups is 1. The van der Waals surface area contributed by atoms with Crippen LogP contribution in [0.5, 0.6) is 0 Å². The van der Waals surface area contributed by atoms with Gasteiger partial charge in [0.25, 0.3) is 0 Å². The molecule has 0 aromatic carbocycles. The molecule has 2 unspecified atom stereocenters. The molecule has 1 saturated heterocycles. The topological polar surface area (TPSA) is 26.3 Å². The van der Waals surface area contributed by atoms with Gasteiger partial charge in [0.05, 0.1) is 0 Å². The van der Waals surface area contributed by atoms with Gasteiger partial charge in [-0.05, 0) is 26.7 Å². The lowest BCUT2D eigenvalue weighted by atomic mass is 9.77. The summed E-state index contributed by atoms with van der Waals surface area (Å²) in [6.45, 7) is 7.69. The maximum Gasteiger partial charge on any atom is 0.195 e. The molecule has 1 rings (SSSR count). The van der Waals surface area contributed by atoms with E-state index in [0.717, 1.165) is 12.8 Å². The molecular formula is C9H16O2. The first-order valence-electron chi connectivity index (χ1n) is 4.23. The van der Waals surface area contributed by atoms with Gasteiger partial charge in [-0.3, -0.25) is 4.79 Å². The molecule has 0 aromatic heterocycles. The fourth-order valence-electron chi connectivity index (χ4n) is 1.57. The van der Waals surface area contributed by atoms with Gasteiger partial charge in [0.15, 0.2) is 5.78 Å². The van der Waals surface area contributed by atoms with E-state index in [0.29, 0.717) is 0 Å². The summed E-state index contributed by atoms with van der Waals surface area (Å²) in [6.07, 6.45) is 1.56. The smallest absolute Gasteiger partial charge is 0.195 e. The average molecular weight is 156 g/mol. The van der Waals surface area contributed by atoms with Gasteiger partial charge in [0.1, 0.15) is 11.2 Å². The van der Waals surface area contributed by atoms with Crippen molar-refractivity contribution in [3.8, 4) is 0 Å². The predicted molar refractivity (Wildman–Crippen MR) is 43.5 cm³/mol. The summed E-state index contributed by atoms with van der Waals surface area (Å²) < 4.78 is 5.58. The minimum absolute atomic E-state index is 0.259. The molecule has 2 atom stereocenters. The molecule has 11 heavy (non-hydrogen) atoms. The summed E-state index contributed by atoms with van der Waals surface area (Å²) in [5.41, 5.74) is -0.963. The van der Waals surface area contributed by atoms with E-state index in [1.807, 2.05) is 27.7 Å². The van der Waals surface area contributed by atoms with Crippen LogP contribution in [-0.4, -0.2) is 17.0 Å². The van der Waals surface area contributed by atoms with Crippen molar-refractivity contribution in [2.75, 3.05) is 0 Å². The summed E-state index contributed by atoms with van der Waals surface area (Å²) >= 11 is 0. The van der Waals surface area contributed by atoms with Crippen LogP contribution in [0.1, 0.15) is 40.5 Å². The van der Waals surface area contributed by atoms with Crippen LogP contribution in [0.25, 0.3) is 0 Å². The standard InChI is InChI=1S/C9H16O2/c1-5-8(3)7(10)9(4,6-2)11-8/h5-6H2,1-4H3. The molecule has 0 aromatic rings. The zero-order chi connectivity index (χ0) is 8.70. The number of carbonyl (C=O) groups excluding carboxylic acids is 1. The first-order valence-corrected chi connectivity index (χ1v) is 4.23. The van der Waals surface area contributed by atoms with Crippen LogP contribution in [0.4, 0.5) is 0 Å². The molecule has 64 valence electrons. The van der Waals surface area contributed by atoms with Crippen molar-refractivity contribution in [2.45, 2.75) is 51.7 Å². The number of rotatable bonds is 2. The summed E-state index contributed by atoms with van der Waals surface area (Å²) in [5, 5.41) is 0. The predicted octanol–water partition coefficient (Wildman–Crippen LogP) is 1.92. The van der Waals surface area contributed by atoms with Gasteiger partial charge >= 0.3 is 0 Å². The molecule has 0 spiro atoms. The van der Waals surface area contributed by atoms with E-state index in [4.69, 9.17) is 4.74 Å². The lowest BCUT2D eigenvalue weighted by Crippen LogP contribution is -2.66. The van der Waals surface area contributed by atoms with Gasteiger partial charge < -0.3 is 4.74 Å². The molecule has 0 N–H and O–H groups in total. The van der Waals surface area contributed by atoms with Crippen LogP contribution >= 0.6 is 0 Å². The zero-order valence-electron chi connectivity index (χ0n) is 7.73. The van der Waals surface area contributed by atoms with Gasteiger partial charge in [0, 0.05) is 0 Å². The van der Waals surface area contributed by atoms with Crippen LogP contribution in [0.15, 0.2) is 0 Å². The summed E-state index contributed by atoms with van der Waals surface area (Å²) in [4.78, 5) is 11.5. The molecule has 1 aliphatic heterocycles. The van der Waals surface area contributed by atoms with E-state index < -0.39 is 11.2 Å². The maximum absolute atomic E-state index is 11.5. The SMILES string of the molecule is CCC1(C)OC(C)(CC)C1=O. The highest BCUT2D eigenvalue weighted by Gasteiger charge is 2.57. The quantitative estimate of drug-likeness (QED) is 0.610. The highest BCUT2D eigenvalue weighted by molar-refractivity contribution is 5.98. The largest absolute Gasteiger partial charge is 0.353 e. The van der Waals surface area contributed by atoms with Gasteiger partial charge in [-0.25, -0.2) is 0 Å². The van der Waals surface area contributed by atoms with Crippen molar-refractivity contribution in [3.63, 3.8) is 0 Å². The fourth-order valence-corrected chi connectivity index (χ4v) is 1.57. The Morgan fingerprint density at radius 1 is 1.18 bits per heavy atom. The first kappa shape index (κ1) is 8.72. The van der Waals surface area contributed by atoms with Crippen molar-refractivity contribution in [1.29, 1.82) is 0 Å². The van der Waals surface area contributed by atoms with Crippen molar-refractivity contribution >= 4 is 5.78 Å². The molecule has 0 bridgehead atoms. The second kappa shape index (κ2) is 2.31. The maximum atomic E-state index is 11.5. The van der Waals surface area contributed by atoms with Crippen LogP contribution in [0.3, 0.4) is 0 Å². The molecule has 0 aliphatic carbocycles. The van der Waals surface area contributed by atoms with E-state index in [1.165, 1.54) is 0 Å². The van der Waals surface area contributed by atoms with Crippen molar-refractivity contribution in [1.82, 2.24) is 0 Å². The fraction of sp³-hybridized carbons (Fsp3) is 0.889. The summed E-state index contributed by atoms with van der Waals surface area (Å²) in [5.74, 6) is 0.259. The molecule has 0 amide bonds. The minimum atomic E-state index is -0.481. The highest BCUT2D eigenvalue weighted by atomic mass is 16.6. The molecule has 1 aliphatic rings. The van der Waals surface area contributed by atoms with Crippen LogP contribution in [0, 0.1) is 0 Å². The first-order chi connectivity index (χ1) is 4.98. The lowest BCUT2D eigenvalue weighted by Gasteiger charge is -2.50. The second-order valence-electron chi connectivity index (χ2n) is 3.60. The van der Waals surface area contributed by atoms with E-state index in [2.05, 4.69) is 0 Å². The van der Waals surface area contributed by atoms with E-state index in [-0.39, 0.29) is 5.78 Å². The van der Waals surface area contributed by atoms with Crippen molar-refractivity contribution in [3.05, 3.63) is 0 Å². The van der Waals surface area contributed by atoms with E-state index >= 15 is 0 Å². The third-order valence-electron chi connectivity index (χ3n) is 2.76. The van der Waals surface area contributed by atoms with Crippen LogP contribution in [-0.2, 0) is 9.53 Å². The van der Waals surface area contributed by atoms with E-state index in [9.17, 15) is 4.79 Å². The molecule has 2 nitrogen and oxygen atoms in total. The van der Waals surface area contributed by atoms with Crippen molar-refractivity contribution < 1.29 is 9.53 Å². The van der Waals surface area contributed by atoms with Gasteiger partial charge in [-0.2, -0.15) is 0 Å². The monoisotopic (exact) mass is 156 g/mol. The number of hydrogen-bond acceptors (Lipinski definition) is 2. The third kappa shape index (κ3) is 1.00. The zero-order valence-corrected chi connectivity index (χ0v) is 7.73. The Balaban J connectivity index is 2.71. The lowest BCUT2D eigenvalue weighted by molar-refractivity contribution is -0.230. The third-order valence-corrected chi connectivity index (χ3v) is 2.76. The average Bonchev–Trinajstić information content (AvgIpc) is 2.03.